The van der Waals surface area contributed by atoms with Crippen molar-refractivity contribution < 1.29 is 0 Å². The molecule has 0 amide bonds. The molecule has 4 heteroatoms. The van der Waals surface area contributed by atoms with E-state index in [0.29, 0.717) is 12.1 Å². The van der Waals surface area contributed by atoms with Crippen LogP contribution in [0.5, 0.6) is 0 Å². The number of aryl methyl sites for hydroxylation is 1. The quantitative estimate of drug-likeness (QED) is 0.941. The van der Waals surface area contributed by atoms with E-state index in [1.165, 1.54) is 0 Å². The van der Waals surface area contributed by atoms with Crippen molar-refractivity contribution in [3.63, 3.8) is 0 Å². The summed E-state index contributed by atoms with van der Waals surface area (Å²) < 4.78 is 0.798. The topological polar surface area (TPSA) is 48.7 Å². The average molecular weight is 302 g/mol. The highest BCUT2D eigenvalue weighted by Crippen LogP contribution is 2.24. The molecule has 0 aliphatic carbocycles. The third kappa shape index (κ3) is 2.88. The molecule has 1 aromatic heterocycles. The van der Waals surface area contributed by atoms with Crippen LogP contribution in [-0.2, 0) is 6.54 Å². The minimum atomic E-state index is 0.604. The van der Waals surface area contributed by atoms with E-state index in [4.69, 9.17) is 5.26 Å². The fraction of sp³-hybridized carbons (Fsp3) is 0.143. The van der Waals surface area contributed by atoms with E-state index in [0.717, 1.165) is 21.5 Å². The number of anilines is 1. The minimum Gasteiger partial charge on any atom is -0.378 e. The fourth-order valence-electron chi connectivity index (χ4n) is 1.67. The SMILES string of the molecule is Cc1cccc(CNc2cccc(Br)c2C#N)n1. The molecule has 0 unspecified atom stereocenters. The molecule has 0 radical (unpaired) electrons. The number of hydrogen-bond acceptors (Lipinski definition) is 3. The highest BCUT2D eigenvalue weighted by Gasteiger charge is 2.05. The van der Waals surface area contributed by atoms with Gasteiger partial charge < -0.3 is 5.32 Å². The van der Waals surface area contributed by atoms with Crippen molar-refractivity contribution in [1.82, 2.24) is 4.98 Å². The summed E-state index contributed by atoms with van der Waals surface area (Å²) >= 11 is 3.37. The van der Waals surface area contributed by atoms with Crippen LogP contribution in [0.4, 0.5) is 5.69 Å². The van der Waals surface area contributed by atoms with Crippen LogP contribution in [0, 0.1) is 18.3 Å². The highest BCUT2D eigenvalue weighted by molar-refractivity contribution is 9.10. The lowest BCUT2D eigenvalue weighted by molar-refractivity contribution is 1.01. The largest absolute Gasteiger partial charge is 0.378 e. The lowest BCUT2D eigenvalue weighted by Gasteiger charge is -2.09. The standard InChI is InChI=1S/C14H12BrN3/c1-10-4-2-5-11(18-10)9-17-14-7-3-6-13(15)12(14)8-16/h2-7,17H,9H2,1H3. The van der Waals surface area contributed by atoms with Crippen LogP contribution in [0.2, 0.25) is 0 Å². The van der Waals surface area contributed by atoms with Crippen molar-refractivity contribution >= 4 is 21.6 Å². The second kappa shape index (κ2) is 5.65. The molecule has 2 aromatic rings. The van der Waals surface area contributed by atoms with Crippen LogP contribution in [0.1, 0.15) is 17.0 Å². The van der Waals surface area contributed by atoms with Gasteiger partial charge in [0, 0.05) is 10.2 Å². The molecule has 0 saturated carbocycles. The summed E-state index contributed by atoms with van der Waals surface area (Å²) in [5, 5.41) is 12.3. The van der Waals surface area contributed by atoms with Gasteiger partial charge in [-0.2, -0.15) is 5.26 Å². The van der Waals surface area contributed by atoms with E-state index in [1.54, 1.807) is 0 Å². The fourth-order valence-corrected chi connectivity index (χ4v) is 2.12. The number of halogens is 1. The molecule has 1 heterocycles. The molecule has 0 aliphatic heterocycles. The van der Waals surface area contributed by atoms with Crippen LogP contribution < -0.4 is 5.32 Å². The predicted molar refractivity (Wildman–Crippen MR) is 75.2 cm³/mol. The average Bonchev–Trinajstić information content (AvgIpc) is 2.36. The number of nitrogens with one attached hydrogen (secondary N) is 1. The molecule has 90 valence electrons. The zero-order chi connectivity index (χ0) is 13.0. The molecule has 0 bridgehead atoms. The van der Waals surface area contributed by atoms with Gasteiger partial charge in [0.2, 0.25) is 0 Å². The molecule has 0 saturated heterocycles. The number of nitriles is 1. The van der Waals surface area contributed by atoms with Gasteiger partial charge in [0.05, 0.1) is 23.5 Å². The van der Waals surface area contributed by atoms with E-state index in [-0.39, 0.29) is 0 Å². The first-order valence-corrected chi connectivity index (χ1v) is 6.35. The van der Waals surface area contributed by atoms with Crippen molar-refractivity contribution in [2.24, 2.45) is 0 Å². The first-order valence-electron chi connectivity index (χ1n) is 5.55. The van der Waals surface area contributed by atoms with Crippen LogP contribution >= 0.6 is 15.9 Å². The number of pyridine rings is 1. The van der Waals surface area contributed by atoms with Gasteiger partial charge in [-0.3, -0.25) is 4.98 Å². The third-order valence-electron chi connectivity index (χ3n) is 2.53. The van der Waals surface area contributed by atoms with E-state index < -0.39 is 0 Å². The number of hydrogen-bond donors (Lipinski definition) is 1. The molecular formula is C14H12BrN3. The first kappa shape index (κ1) is 12.6. The van der Waals surface area contributed by atoms with Gasteiger partial charge in [-0.25, -0.2) is 0 Å². The van der Waals surface area contributed by atoms with Crippen LogP contribution in [0.3, 0.4) is 0 Å². The van der Waals surface area contributed by atoms with Gasteiger partial charge >= 0.3 is 0 Å². The molecule has 1 N–H and O–H groups in total. The summed E-state index contributed by atoms with van der Waals surface area (Å²) in [6.45, 7) is 2.57. The maximum absolute atomic E-state index is 9.10. The molecule has 0 spiro atoms. The Balaban J connectivity index is 2.16. The molecule has 18 heavy (non-hydrogen) atoms. The summed E-state index contributed by atoms with van der Waals surface area (Å²) in [6.07, 6.45) is 0. The van der Waals surface area contributed by atoms with E-state index in [9.17, 15) is 0 Å². The zero-order valence-electron chi connectivity index (χ0n) is 9.94. The Kier molecular flexibility index (Phi) is 3.96. The Morgan fingerprint density at radius 3 is 2.78 bits per heavy atom. The smallest absolute Gasteiger partial charge is 0.103 e. The summed E-state index contributed by atoms with van der Waals surface area (Å²) in [7, 11) is 0. The van der Waals surface area contributed by atoms with Crippen LogP contribution in [0.15, 0.2) is 40.9 Å². The van der Waals surface area contributed by atoms with Crippen molar-refractivity contribution in [2.45, 2.75) is 13.5 Å². The third-order valence-corrected chi connectivity index (χ3v) is 3.19. The summed E-state index contributed by atoms with van der Waals surface area (Å²) in [6, 6.07) is 13.7. The van der Waals surface area contributed by atoms with Gasteiger partial charge in [0.15, 0.2) is 0 Å². The number of benzene rings is 1. The number of nitrogens with zero attached hydrogens (tertiary/aromatic N) is 2. The second-order valence-electron chi connectivity index (χ2n) is 3.90. The maximum atomic E-state index is 9.10. The molecule has 0 atom stereocenters. The normalized spacial score (nSPS) is 9.83. The molecule has 2 rings (SSSR count). The maximum Gasteiger partial charge on any atom is 0.103 e. The summed E-state index contributed by atoms with van der Waals surface area (Å²) in [5.74, 6) is 0. The molecular weight excluding hydrogens is 290 g/mol. The van der Waals surface area contributed by atoms with Crippen molar-refractivity contribution in [1.29, 1.82) is 5.26 Å². The lowest BCUT2D eigenvalue weighted by atomic mass is 10.2. The molecule has 1 aromatic carbocycles. The predicted octanol–water partition coefficient (Wildman–Crippen LogP) is 3.64. The molecule has 0 aliphatic rings. The Hall–Kier alpha value is -1.86. The highest BCUT2D eigenvalue weighted by atomic mass is 79.9. The van der Waals surface area contributed by atoms with Gasteiger partial charge in [-0.05, 0) is 47.1 Å². The van der Waals surface area contributed by atoms with Gasteiger partial charge in [-0.1, -0.05) is 12.1 Å². The van der Waals surface area contributed by atoms with Gasteiger partial charge in [0.25, 0.3) is 0 Å². The Labute approximate surface area is 115 Å². The molecule has 3 nitrogen and oxygen atoms in total. The Morgan fingerprint density at radius 1 is 1.28 bits per heavy atom. The minimum absolute atomic E-state index is 0.604. The van der Waals surface area contributed by atoms with Gasteiger partial charge in [-0.15, -0.1) is 0 Å². The first-order chi connectivity index (χ1) is 8.70. The van der Waals surface area contributed by atoms with E-state index >= 15 is 0 Å². The van der Waals surface area contributed by atoms with Crippen LogP contribution in [0.25, 0.3) is 0 Å². The number of aromatic nitrogens is 1. The summed E-state index contributed by atoms with van der Waals surface area (Å²) in [5.41, 5.74) is 3.38. The van der Waals surface area contributed by atoms with E-state index in [1.807, 2.05) is 43.3 Å². The van der Waals surface area contributed by atoms with E-state index in [2.05, 4.69) is 32.3 Å². The van der Waals surface area contributed by atoms with Gasteiger partial charge in [0.1, 0.15) is 6.07 Å². The zero-order valence-corrected chi connectivity index (χ0v) is 11.5. The number of rotatable bonds is 3. The van der Waals surface area contributed by atoms with Crippen molar-refractivity contribution in [3.05, 3.63) is 57.8 Å². The Morgan fingerprint density at radius 2 is 2.06 bits per heavy atom. The van der Waals surface area contributed by atoms with Crippen LogP contribution in [-0.4, -0.2) is 4.98 Å². The Bertz CT molecular complexity index is 602. The monoisotopic (exact) mass is 301 g/mol. The molecule has 0 fully saturated rings. The van der Waals surface area contributed by atoms with Crippen molar-refractivity contribution in [3.8, 4) is 6.07 Å². The summed E-state index contributed by atoms with van der Waals surface area (Å²) in [4.78, 5) is 4.41. The lowest BCUT2D eigenvalue weighted by Crippen LogP contribution is -2.03. The van der Waals surface area contributed by atoms with Crippen molar-refractivity contribution in [2.75, 3.05) is 5.32 Å². The second-order valence-corrected chi connectivity index (χ2v) is 4.75.